The molecule has 0 bridgehead atoms. The molecule has 1 heterocycles. The first-order valence-corrected chi connectivity index (χ1v) is 8.77. The number of ether oxygens (including phenoxy) is 1. The van der Waals surface area contributed by atoms with Crippen molar-refractivity contribution in [3.05, 3.63) is 45.5 Å². The maximum atomic E-state index is 14.7. The normalized spacial score (nSPS) is 18.4. The van der Waals surface area contributed by atoms with Crippen molar-refractivity contribution in [3.63, 3.8) is 0 Å². The van der Waals surface area contributed by atoms with Gasteiger partial charge >= 0.3 is 5.97 Å². The molecule has 132 valence electrons. The van der Waals surface area contributed by atoms with E-state index in [1.807, 2.05) is 4.57 Å². The lowest BCUT2D eigenvalue weighted by molar-refractivity contribution is 0.0524. The van der Waals surface area contributed by atoms with Gasteiger partial charge in [0.15, 0.2) is 0 Å². The van der Waals surface area contributed by atoms with Crippen LogP contribution in [-0.4, -0.2) is 23.7 Å². The molecular formula is C19H21FN2O3. The molecule has 2 aliphatic rings. The molecule has 0 unspecified atom stereocenters. The van der Waals surface area contributed by atoms with Gasteiger partial charge in [-0.1, -0.05) is 0 Å². The Kier molecular flexibility index (Phi) is 3.68. The minimum absolute atomic E-state index is 0.0339. The van der Waals surface area contributed by atoms with Crippen LogP contribution in [0.25, 0.3) is 10.9 Å². The molecule has 5 nitrogen and oxygen atoms in total. The molecule has 2 aliphatic carbocycles. The summed E-state index contributed by atoms with van der Waals surface area (Å²) in [6.45, 7) is 2.27. The van der Waals surface area contributed by atoms with Crippen LogP contribution in [0.15, 0.2) is 23.1 Å². The molecule has 25 heavy (non-hydrogen) atoms. The zero-order valence-corrected chi connectivity index (χ0v) is 14.2. The first kappa shape index (κ1) is 16.3. The lowest BCUT2D eigenvalue weighted by Gasteiger charge is -2.18. The molecule has 2 saturated carbocycles. The lowest BCUT2D eigenvalue weighted by Crippen LogP contribution is -2.24. The number of carbonyl (C=O) groups is 1. The Morgan fingerprint density at radius 1 is 1.40 bits per heavy atom. The summed E-state index contributed by atoms with van der Waals surface area (Å²) >= 11 is 0. The van der Waals surface area contributed by atoms with E-state index in [4.69, 9.17) is 10.5 Å². The first-order valence-electron chi connectivity index (χ1n) is 8.77. The lowest BCUT2D eigenvalue weighted by atomic mass is 9.93. The van der Waals surface area contributed by atoms with Gasteiger partial charge in [-0.05, 0) is 50.3 Å². The molecule has 2 aromatic rings. The van der Waals surface area contributed by atoms with Crippen molar-refractivity contribution in [1.82, 2.24) is 4.57 Å². The van der Waals surface area contributed by atoms with Crippen LogP contribution in [-0.2, 0) is 10.2 Å². The van der Waals surface area contributed by atoms with Gasteiger partial charge in [0.1, 0.15) is 11.4 Å². The quantitative estimate of drug-likeness (QED) is 0.846. The summed E-state index contributed by atoms with van der Waals surface area (Å²) in [5.74, 6) is -1.08. The van der Waals surface area contributed by atoms with Crippen molar-refractivity contribution < 1.29 is 13.9 Å². The highest BCUT2D eigenvalue weighted by atomic mass is 19.1. The van der Waals surface area contributed by atoms with Crippen molar-refractivity contribution in [2.45, 2.75) is 44.1 Å². The Labute approximate surface area is 144 Å². The molecule has 2 fully saturated rings. The maximum Gasteiger partial charge on any atom is 0.343 e. The second-order valence-electron chi connectivity index (χ2n) is 7.06. The number of fused-ring (bicyclic) bond motifs is 1. The Morgan fingerprint density at radius 2 is 2.12 bits per heavy atom. The molecular weight excluding hydrogens is 323 g/mol. The van der Waals surface area contributed by atoms with Crippen molar-refractivity contribution >= 4 is 16.9 Å². The molecule has 0 atom stereocenters. The van der Waals surface area contributed by atoms with E-state index < -0.39 is 17.2 Å². The average Bonchev–Trinajstić information content (AvgIpc) is 3.49. The van der Waals surface area contributed by atoms with Crippen LogP contribution in [0.1, 0.15) is 54.6 Å². The summed E-state index contributed by atoms with van der Waals surface area (Å²) in [6.07, 6.45) is 5.26. The monoisotopic (exact) mass is 344 g/mol. The minimum atomic E-state index is -0.658. The number of aromatic nitrogens is 1. The summed E-state index contributed by atoms with van der Waals surface area (Å²) in [5, 5.41) is 0.228. The van der Waals surface area contributed by atoms with E-state index in [0.717, 1.165) is 25.7 Å². The van der Waals surface area contributed by atoms with Gasteiger partial charge in [-0.15, -0.1) is 0 Å². The Bertz CT molecular complexity index is 926. The third kappa shape index (κ3) is 2.56. The highest BCUT2D eigenvalue weighted by molar-refractivity contribution is 5.94. The third-order valence-electron chi connectivity index (χ3n) is 5.37. The molecule has 0 aliphatic heterocycles. The average molecular weight is 344 g/mol. The van der Waals surface area contributed by atoms with E-state index in [9.17, 15) is 14.0 Å². The summed E-state index contributed by atoms with van der Waals surface area (Å²) in [6, 6.07) is 3.27. The van der Waals surface area contributed by atoms with Gasteiger partial charge < -0.3 is 15.0 Å². The molecule has 0 spiro atoms. The number of halogens is 1. The zero-order valence-electron chi connectivity index (χ0n) is 14.2. The summed E-state index contributed by atoms with van der Waals surface area (Å²) in [5.41, 5.74) is 6.30. The molecule has 4 rings (SSSR count). The van der Waals surface area contributed by atoms with Gasteiger partial charge in [0.25, 0.3) is 0 Å². The fraction of sp³-hybridized carbons (Fsp3) is 0.474. The van der Waals surface area contributed by atoms with Crippen molar-refractivity contribution in [2.24, 2.45) is 5.73 Å². The van der Waals surface area contributed by atoms with Crippen LogP contribution < -0.4 is 11.2 Å². The standard InChI is InChI=1S/C19H21FN2O3/c1-2-25-18(24)13-9-22(11-3-4-11)16-8-14(19(10-21)5-6-19)15(20)7-12(16)17(13)23/h7-9,11H,2-6,10,21H2,1H3. The van der Waals surface area contributed by atoms with Crippen LogP contribution in [0.2, 0.25) is 0 Å². The second-order valence-corrected chi connectivity index (χ2v) is 7.06. The maximum absolute atomic E-state index is 14.7. The van der Waals surface area contributed by atoms with Crippen molar-refractivity contribution in [3.8, 4) is 0 Å². The van der Waals surface area contributed by atoms with Crippen molar-refractivity contribution in [2.75, 3.05) is 13.2 Å². The SMILES string of the molecule is CCOC(=O)c1cn(C2CC2)c2cc(C3(CN)CC3)c(F)cc2c1=O. The molecule has 1 aromatic heterocycles. The summed E-state index contributed by atoms with van der Waals surface area (Å²) < 4.78 is 21.6. The predicted octanol–water partition coefficient (Wildman–Crippen LogP) is 2.64. The summed E-state index contributed by atoms with van der Waals surface area (Å²) in [7, 11) is 0. The van der Waals surface area contributed by atoms with Crippen LogP contribution in [0.5, 0.6) is 0 Å². The smallest absolute Gasteiger partial charge is 0.343 e. The van der Waals surface area contributed by atoms with Crippen LogP contribution in [0.4, 0.5) is 4.39 Å². The van der Waals surface area contributed by atoms with Gasteiger partial charge in [0.2, 0.25) is 5.43 Å². The van der Waals surface area contributed by atoms with Crippen LogP contribution in [0, 0.1) is 5.82 Å². The Hall–Kier alpha value is -2.21. The highest BCUT2D eigenvalue weighted by Crippen LogP contribution is 2.49. The number of benzene rings is 1. The minimum Gasteiger partial charge on any atom is -0.462 e. The van der Waals surface area contributed by atoms with Crippen LogP contribution in [0.3, 0.4) is 0 Å². The number of carbonyl (C=O) groups excluding carboxylic acids is 1. The number of hydrogen-bond acceptors (Lipinski definition) is 4. The second kappa shape index (κ2) is 5.66. The van der Waals surface area contributed by atoms with E-state index in [1.165, 1.54) is 6.07 Å². The zero-order chi connectivity index (χ0) is 17.8. The molecule has 0 saturated heterocycles. The predicted molar refractivity (Wildman–Crippen MR) is 92.4 cm³/mol. The molecule has 0 amide bonds. The molecule has 6 heteroatoms. The third-order valence-corrected chi connectivity index (χ3v) is 5.37. The van der Waals surface area contributed by atoms with E-state index in [0.29, 0.717) is 17.6 Å². The highest BCUT2D eigenvalue weighted by Gasteiger charge is 2.45. The largest absolute Gasteiger partial charge is 0.462 e. The Morgan fingerprint density at radius 3 is 2.68 bits per heavy atom. The van der Waals surface area contributed by atoms with Gasteiger partial charge in [-0.2, -0.15) is 0 Å². The van der Waals surface area contributed by atoms with E-state index in [2.05, 4.69) is 0 Å². The number of hydrogen-bond donors (Lipinski definition) is 1. The number of nitrogens with two attached hydrogens (primary N) is 1. The molecule has 2 N–H and O–H groups in total. The van der Waals surface area contributed by atoms with Gasteiger partial charge in [0.05, 0.1) is 12.1 Å². The first-order chi connectivity index (χ1) is 12.0. The fourth-order valence-electron chi connectivity index (χ4n) is 3.52. The van der Waals surface area contributed by atoms with Gasteiger partial charge in [-0.25, -0.2) is 9.18 Å². The van der Waals surface area contributed by atoms with E-state index in [1.54, 1.807) is 19.2 Å². The van der Waals surface area contributed by atoms with Gasteiger partial charge in [-0.3, -0.25) is 4.79 Å². The van der Waals surface area contributed by atoms with E-state index in [-0.39, 0.29) is 29.0 Å². The number of pyridine rings is 1. The summed E-state index contributed by atoms with van der Waals surface area (Å²) in [4.78, 5) is 24.9. The number of nitrogens with zero attached hydrogens (tertiary/aromatic N) is 1. The number of esters is 1. The van der Waals surface area contributed by atoms with E-state index >= 15 is 0 Å². The molecule has 0 radical (unpaired) electrons. The van der Waals surface area contributed by atoms with Crippen LogP contribution >= 0.6 is 0 Å². The topological polar surface area (TPSA) is 74.3 Å². The number of rotatable bonds is 5. The fourth-order valence-corrected chi connectivity index (χ4v) is 3.52. The van der Waals surface area contributed by atoms with Gasteiger partial charge in [0, 0.05) is 29.6 Å². The Balaban J connectivity index is 1.97. The van der Waals surface area contributed by atoms with Crippen molar-refractivity contribution in [1.29, 1.82) is 0 Å². The molecule has 1 aromatic carbocycles.